The van der Waals surface area contributed by atoms with Crippen molar-refractivity contribution in [1.82, 2.24) is 0 Å². The van der Waals surface area contributed by atoms with Gasteiger partial charge in [-0.05, 0) is 37.5 Å². The number of hydrogen-bond acceptors (Lipinski definition) is 3. The van der Waals surface area contributed by atoms with E-state index in [0.29, 0.717) is 0 Å². The summed E-state index contributed by atoms with van der Waals surface area (Å²) < 4.78 is 0. The molecule has 0 amide bonds. The average Bonchev–Trinajstić information content (AvgIpc) is 2.38. The van der Waals surface area contributed by atoms with Crippen LogP contribution in [-0.2, 0) is 6.42 Å². The van der Waals surface area contributed by atoms with Crippen molar-refractivity contribution in [3.63, 3.8) is 0 Å². The standard InChI is InChI=1S/C15H23ClN2S/c1-3-13-10-18(6-7-19-13)15-5-4-12(8-11(2)17)9-14(15)16/h4-5,9,11,13H,3,6-8,10,17H2,1-2H3. The molecule has 2 nitrogen and oxygen atoms in total. The molecule has 0 aliphatic carbocycles. The van der Waals surface area contributed by atoms with E-state index in [0.717, 1.165) is 29.8 Å². The third kappa shape index (κ3) is 4.04. The molecular formula is C15H23ClN2S. The maximum Gasteiger partial charge on any atom is 0.0642 e. The summed E-state index contributed by atoms with van der Waals surface area (Å²) in [6.07, 6.45) is 2.11. The highest BCUT2D eigenvalue weighted by molar-refractivity contribution is 8.00. The van der Waals surface area contributed by atoms with Gasteiger partial charge in [0.05, 0.1) is 10.7 Å². The molecule has 0 radical (unpaired) electrons. The fourth-order valence-corrected chi connectivity index (χ4v) is 3.99. The summed E-state index contributed by atoms with van der Waals surface area (Å²) in [5, 5.41) is 1.59. The van der Waals surface area contributed by atoms with E-state index in [4.69, 9.17) is 17.3 Å². The molecule has 2 rings (SSSR count). The second-order valence-corrected chi connectivity index (χ2v) is 7.13. The fourth-order valence-electron chi connectivity index (χ4n) is 2.49. The molecule has 2 N–H and O–H groups in total. The number of halogens is 1. The summed E-state index contributed by atoms with van der Waals surface area (Å²) in [5.74, 6) is 1.19. The SMILES string of the molecule is CCC1CN(c2ccc(CC(C)N)cc2Cl)CCS1. The van der Waals surface area contributed by atoms with E-state index < -0.39 is 0 Å². The monoisotopic (exact) mass is 298 g/mol. The molecule has 0 spiro atoms. The maximum atomic E-state index is 6.45. The number of thioether (sulfide) groups is 1. The summed E-state index contributed by atoms with van der Waals surface area (Å²) in [6, 6.07) is 6.57. The highest BCUT2D eigenvalue weighted by Crippen LogP contribution is 2.31. The highest BCUT2D eigenvalue weighted by Gasteiger charge is 2.20. The minimum Gasteiger partial charge on any atom is -0.368 e. The first kappa shape index (κ1) is 15.0. The third-order valence-electron chi connectivity index (χ3n) is 3.50. The molecule has 0 saturated carbocycles. The van der Waals surface area contributed by atoms with Crippen molar-refractivity contribution in [2.45, 2.75) is 38.0 Å². The Morgan fingerprint density at radius 2 is 2.32 bits per heavy atom. The lowest BCUT2D eigenvalue weighted by Gasteiger charge is -2.34. The van der Waals surface area contributed by atoms with Crippen LogP contribution >= 0.6 is 23.4 Å². The summed E-state index contributed by atoms with van der Waals surface area (Å²) in [6.45, 7) is 6.48. The number of anilines is 1. The van der Waals surface area contributed by atoms with Crippen molar-refractivity contribution in [2.75, 3.05) is 23.7 Å². The van der Waals surface area contributed by atoms with Gasteiger partial charge >= 0.3 is 0 Å². The molecule has 19 heavy (non-hydrogen) atoms. The summed E-state index contributed by atoms with van der Waals surface area (Å²) in [4.78, 5) is 2.42. The smallest absolute Gasteiger partial charge is 0.0642 e. The van der Waals surface area contributed by atoms with E-state index in [1.165, 1.54) is 23.4 Å². The molecule has 1 aliphatic rings. The molecule has 1 aromatic rings. The van der Waals surface area contributed by atoms with Gasteiger partial charge in [-0.15, -0.1) is 0 Å². The molecule has 1 saturated heterocycles. The van der Waals surface area contributed by atoms with Crippen molar-refractivity contribution in [1.29, 1.82) is 0 Å². The Morgan fingerprint density at radius 3 is 2.95 bits per heavy atom. The molecule has 1 aliphatic heterocycles. The van der Waals surface area contributed by atoms with Gasteiger partial charge in [0.2, 0.25) is 0 Å². The molecule has 2 atom stereocenters. The summed E-state index contributed by atoms with van der Waals surface area (Å²) in [5.41, 5.74) is 8.23. The average molecular weight is 299 g/mol. The molecule has 1 fully saturated rings. The zero-order valence-corrected chi connectivity index (χ0v) is 13.3. The molecule has 1 aromatic carbocycles. The van der Waals surface area contributed by atoms with E-state index in [2.05, 4.69) is 41.8 Å². The van der Waals surface area contributed by atoms with E-state index in [1.807, 2.05) is 6.92 Å². The van der Waals surface area contributed by atoms with E-state index in [1.54, 1.807) is 0 Å². The lowest BCUT2D eigenvalue weighted by atomic mass is 10.1. The Labute approximate surface area is 125 Å². The minimum atomic E-state index is 0.178. The Morgan fingerprint density at radius 1 is 1.53 bits per heavy atom. The van der Waals surface area contributed by atoms with Gasteiger partial charge in [-0.3, -0.25) is 0 Å². The summed E-state index contributed by atoms with van der Waals surface area (Å²) >= 11 is 8.53. The second-order valence-electron chi connectivity index (χ2n) is 5.31. The number of rotatable bonds is 4. The molecule has 2 unspecified atom stereocenters. The van der Waals surface area contributed by atoms with Crippen molar-refractivity contribution in [3.8, 4) is 0 Å². The van der Waals surface area contributed by atoms with Crippen molar-refractivity contribution in [3.05, 3.63) is 28.8 Å². The Bertz CT molecular complexity index is 423. The first-order chi connectivity index (χ1) is 9.10. The van der Waals surface area contributed by atoms with Gasteiger partial charge in [0, 0.05) is 30.1 Å². The maximum absolute atomic E-state index is 6.45. The zero-order valence-electron chi connectivity index (χ0n) is 11.7. The minimum absolute atomic E-state index is 0.178. The lowest BCUT2D eigenvalue weighted by Crippen LogP contribution is -2.37. The summed E-state index contributed by atoms with van der Waals surface area (Å²) in [7, 11) is 0. The first-order valence-corrected chi connectivity index (χ1v) is 8.43. The molecule has 1 heterocycles. The van der Waals surface area contributed by atoms with Crippen LogP contribution in [0.1, 0.15) is 25.8 Å². The zero-order chi connectivity index (χ0) is 13.8. The highest BCUT2D eigenvalue weighted by atomic mass is 35.5. The van der Waals surface area contributed by atoms with Crippen LogP contribution in [0.25, 0.3) is 0 Å². The first-order valence-electron chi connectivity index (χ1n) is 7.00. The van der Waals surface area contributed by atoms with Crippen LogP contribution in [0.4, 0.5) is 5.69 Å². The van der Waals surface area contributed by atoms with Crippen LogP contribution in [0.5, 0.6) is 0 Å². The van der Waals surface area contributed by atoms with E-state index >= 15 is 0 Å². The third-order valence-corrected chi connectivity index (χ3v) is 5.18. The molecule has 0 bridgehead atoms. The number of nitrogens with two attached hydrogens (primary N) is 1. The van der Waals surface area contributed by atoms with Gasteiger partial charge in [0.1, 0.15) is 0 Å². The quantitative estimate of drug-likeness (QED) is 0.921. The van der Waals surface area contributed by atoms with Gasteiger partial charge < -0.3 is 10.6 Å². The normalized spacial score (nSPS) is 21.5. The lowest BCUT2D eigenvalue weighted by molar-refractivity contribution is 0.725. The Kier molecular flexibility index (Phi) is 5.43. The van der Waals surface area contributed by atoms with Gasteiger partial charge in [0.15, 0.2) is 0 Å². The number of hydrogen-bond donors (Lipinski definition) is 1. The van der Waals surface area contributed by atoms with Crippen molar-refractivity contribution < 1.29 is 0 Å². The Hall–Kier alpha value is -0.380. The van der Waals surface area contributed by atoms with E-state index in [9.17, 15) is 0 Å². The van der Waals surface area contributed by atoms with Crippen LogP contribution in [0.3, 0.4) is 0 Å². The van der Waals surface area contributed by atoms with Crippen LogP contribution in [0.2, 0.25) is 5.02 Å². The predicted octanol–water partition coefficient (Wildman–Crippen LogP) is 3.56. The van der Waals surface area contributed by atoms with Crippen molar-refractivity contribution >= 4 is 29.1 Å². The van der Waals surface area contributed by atoms with Crippen molar-refractivity contribution in [2.24, 2.45) is 5.73 Å². The fraction of sp³-hybridized carbons (Fsp3) is 0.600. The predicted molar refractivity (Wildman–Crippen MR) is 87.6 cm³/mol. The Balaban J connectivity index is 2.11. The van der Waals surface area contributed by atoms with Crippen LogP contribution in [-0.4, -0.2) is 30.1 Å². The number of nitrogens with zero attached hydrogens (tertiary/aromatic N) is 1. The van der Waals surface area contributed by atoms with E-state index in [-0.39, 0.29) is 6.04 Å². The molecular weight excluding hydrogens is 276 g/mol. The van der Waals surface area contributed by atoms with Gasteiger partial charge in [0.25, 0.3) is 0 Å². The topological polar surface area (TPSA) is 29.3 Å². The van der Waals surface area contributed by atoms with Crippen LogP contribution in [0.15, 0.2) is 18.2 Å². The van der Waals surface area contributed by atoms with Gasteiger partial charge in [-0.1, -0.05) is 24.6 Å². The van der Waals surface area contributed by atoms with Gasteiger partial charge in [-0.25, -0.2) is 0 Å². The second kappa shape index (κ2) is 6.87. The van der Waals surface area contributed by atoms with Crippen LogP contribution in [0, 0.1) is 0 Å². The van der Waals surface area contributed by atoms with Crippen LogP contribution < -0.4 is 10.6 Å². The molecule has 0 aromatic heterocycles. The molecule has 4 heteroatoms. The number of benzene rings is 1. The molecule has 106 valence electrons. The van der Waals surface area contributed by atoms with Gasteiger partial charge in [-0.2, -0.15) is 11.8 Å². The largest absolute Gasteiger partial charge is 0.368 e.